The summed E-state index contributed by atoms with van der Waals surface area (Å²) >= 11 is 1.84. The quantitative estimate of drug-likeness (QED) is 0.118. The number of aliphatic hydroxyl groups excluding tert-OH is 2. The molecule has 6 atom stereocenters. The molecule has 1 aliphatic heterocycles. The van der Waals surface area contributed by atoms with Crippen LogP contribution in [0.4, 0.5) is 0 Å². The smallest absolute Gasteiger partial charge is 0.230 e. The molecule has 2 aromatic rings. The number of hydrogen-bond donors (Lipinski definition) is 3. The Hall–Kier alpha value is -2.85. The van der Waals surface area contributed by atoms with Gasteiger partial charge < -0.3 is 29.6 Å². The van der Waals surface area contributed by atoms with Crippen LogP contribution in [0.15, 0.2) is 72.2 Å². The van der Waals surface area contributed by atoms with E-state index in [0.29, 0.717) is 13.0 Å². The number of aliphatic hydroxyl groups is 2. The third kappa shape index (κ3) is 6.86. The first-order valence-corrected chi connectivity index (χ1v) is 16.9. The molecule has 3 aliphatic rings. The Bertz CT molecular complexity index is 1300. The van der Waals surface area contributed by atoms with Gasteiger partial charge in [0.1, 0.15) is 18.6 Å². The molecule has 1 fully saturated rings. The molecular weight excluding hydrogens is 576 g/mol. The van der Waals surface area contributed by atoms with Crippen molar-refractivity contribution in [3.05, 3.63) is 78.2 Å². The van der Waals surface area contributed by atoms with Crippen LogP contribution < -0.4 is 4.74 Å². The van der Waals surface area contributed by atoms with Crippen LogP contribution >= 0.6 is 11.8 Å². The highest BCUT2D eigenvalue weighted by atomic mass is 32.2. The molecule has 8 nitrogen and oxygen atoms in total. The minimum absolute atomic E-state index is 0.0147. The van der Waals surface area contributed by atoms with Gasteiger partial charge in [0.25, 0.3) is 0 Å². The molecule has 9 heteroatoms. The monoisotopic (exact) mass is 622 g/mol. The summed E-state index contributed by atoms with van der Waals surface area (Å²) in [5, 5.41) is 34.5. The number of aryl methyl sites for hydroxylation is 1. The minimum atomic E-state index is -0.990. The molecular formula is C35H46N2O6S. The van der Waals surface area contributed by atoms with Crippen LogP contribution in [-0.4, -0.2) is 69.7 Å². The predicted octanol–water partition coefficient (Wildman–Crippen LogP) is 6.03. The topological polar surface area (TPSA) is 114 Å². The fraction of sp³-hybridized carbons (Fsp3) is 0.543. The van der Waals surface area contributed by atoms with E-state index in [-0.39, 0.29) is 47.9 Å². The van der Waals surface area contributed by atoms with Crippen molar-refractivity contribution in [3.63, 3.8) is 0 Å². The Kier molecular flexibility index (Phi) is 11.4. The van der Waals surface area contributed by atoms with Crippen LogP contribution in [0.3, 0.4) is 0 Å². The van der Waals surface area contributed by atoms with E-state index in [2.05, 4.69) is 34.9 Å². The highest BCUT2D eigenvalue weighted by Gasteiger charge is 2.63. The molecule has 44 heavy (non-hydrogen) atoms. The maximum atomic E-state index is 10.7. The summed E-state index contributed by atoms with van der Waals surface area (Å²) in [6, 6.07) is 9.52. The lowest BCUT2D eigenvalue weighted by atomic mass is 9.56. The van der Waals surface area contributed by atoms with Crippen LogP contribution in [0, 0.1) is 17.8 Å². The number of aromatic hydroxyl groups is 1. The second-order valence-electron chi connectivity index (χ2n) is 11.9. The molecule has 1 saturated carbocycles. The average Bonchev–Trinajstić information content (AvgIpc) is 3.03. The zero-order valence-electron chi connectivity index (χ0n) is 25.6. The number of benzene rings is 1. The highest BCUT2D eigenvalue weighted by Crippen LogP contribution is 2.62. The first-order valence-electron chi connectivity index (χ1n) is 15.9. The number of phenols is 1. The lowest BCUT2D eigenvalue weighted by molar-refractivity contribution is -0.223. The number of oxime groups is 1. The fourth-order valence-electron chi connectivity index (χ4n) is 7.46. The van der Waals surface area contributed by atoms with E-state index >= 15 is 0 Å². The zero-order chi connectivity index (χ0) is 30.9. The number of allylic oxidation sites excluding steroid dienone is 1. The molecule has 2 aliphatic carbocycles. The number of aromatic nitrogens is 1. The first-order chi connectivity index (χ1) is 21.6. The number of rotatable bonds is 16. The maximum Gasteiger partial charge on any atom is 0.230 e. The van der Waals surface area contributed by atoms with Gasteiger partial charge in [0.05, 0.1) is 23.5 Å². The molecule has 5 rings (SSSR count). The molecule has 0 radical (unpaired) electrons. The number of ether oxygens (including phenoxy) is 2. The summed E-state index contributed by atoms with van der Waals surface area (Å²) in [4.78, 5) is 9.61. The molecule has 3 N–H and O–H groups in total. The molecule has 0 amide bonds. The minimum Gasteiger partial charge on any atom is -0.508 e. The van der Waals surface area contributed by atoms with E-state index in [0.717, 1.165) is 73.3 Å². The van der Waals surface area contributed by atoms with E-state index in [1.165, 1.54) is 5.56 Å². The second-order valence-corrected chi connectivity index (χ2v) is 13.2. The summed E-state index contributed by atoms with van der Waals surface area (Å²) in [6.07, 6.45) is 14.4. The van der Waals surface area contributed by atoms with Gasteiger partial charge in [-0.25, -0.2) is 0 Å². The Morgan fingerprint density at radius 3 is 2.61 bits per heavy atom. The fourth-order valence-corrected chi connectivity index (χ4v) is 8.87. The van der Waals surface area contributed by atoms with Crippen molar-refractivity contribution in [3.8, 4) is 11.5 Å². The van der Waals surface area contributed by atoms with E-state index in [1.807, 2.05) is 36.3 Å². The van der Waals surface area contributed by atoms with Gasteiger partial charge in [-0.3, -0.25) is 4.98 Å². The molecule has 0 spiro atoms. The van der Waals surface area contributed by atoms with Crippen molar-refractivity contribution in [2.24, 2.45) is 22.9 Å². The number of nitrogens with zero attached hydrogens (tertiary/aromatic N) is 2. The number of thioether (sulfide) groups is 1. The van der Waals surface area contributed by atoms with Gasteiger partial charge in [-0.15, -0.1) is 6.58 Å². The van der Waals surface area contributed by atoms with Crippen LogP contribution in [0.25, 0.3) is 0 Å². The second kappa shape index (κ2) is 15.4. The number of pyridine rings is 1. The Balaban J connectivity index is 1.63. The number of hydrogen-bond acceptors (Lipinski definition) is 9. The molecule has 1 aromatic heterocycles. The van der Waals surface area contributed by atoms with Gasteiger partial charge >= 0.3 is 0 Å². The normalized spacial score (nSPS) is 28.0. The molecule has 0 bridgehead atoms. The predicted molar refractivity (Wildman–Crippen MR) is 174 cm³/mol. The van der Waals surface area contributed by atoms with Gasteiger partial charge in [0.2, 0.25) is 5.79 Å². The van der Waals surface area contributed by atoms with Crippen molar-refractivity contribution < 1.29 is 29.6 Å². The van der Waals surface area contributed by atoms with E-state index in [9.17, 15) is 15.3 Å². The van der Waals surface area contributed by atoms with Gasteiger partial charge in [-0.1, -0.05) is 30.1 Å². The zero-order valence-corrected chi connectivity index (χ0v) is 26.5. The number of phenolic OH excluding ortho intramolecular Hbond substituents is 1. The average molecular weight is 623 g/mol. The van der Waals surface area contributed by atoms with Crippen molar-refractivity contribution in [2.45, 2.75) is 68.3 Å². The van der Waals surface area contributed by atoms with Gasteiger partial charge in [-0.05, 0) is 91.2 Å². The van der Waals surface area contributed by atoms with Gasteiger partial charge in [0.15, 0.2) is 0 Å². The van der Waals surface area contributed by atoms with Crippen molar-refractivity contribution in [2.75, 3.05) is 32.7 Å². The van der Waals surface area contributed by atoms with Crippen LogP contribution in [0.2, 0.25) is 0 Å². The summed E-state index contributed by atoms with van der Waals surface area (Å²) in [5.41, 5.74) is 4.22. The van der Waals surface area contributed by atoms with Gasteiger partial charge in [-0.2, -0.15) is 11.8 Å². The van der Waals surface area contributed by atoms with E-state index in [4.69, 9.17) is 14.3 Å². The lowest BCUT2D eigenvalue weighted by Crippen LogP contribution is -2.64. The molecule has 2 heterocycles. The Labute approximate surface area is 265 Å². The third-order valence-corrected chi connectivity index (χ3v) is 10.6. The van der Waals surface area contributed by atoms with E-state index < -0.39 is 5.79 Å². The van der Waals surface area contributed by atoms with E-state index in [1.54, 1.807) is 19.3 Å². The molecule has 1 aromatic carbocycles. The summed E-state index contributed by atoms with van der Waals surface area (Å²) in [5.74, 6) is 1.05. The largest absolute Gasteiger partial charge is 0.508 e. The van der Waals surface area contributed by atoms with Crippen LogP contribution in [0.1, 0.15) is 62.0 Å². The molecule has 0 saturated heterocycles. The number of fused-ring (bicyclic) bond motifs is 2. The summed E-state index contributed by atoms with van der Waals surface area (Å²) in [6.45, 7) is 4.63. The maximum absolute atomic E-state index is 10.7. The lowest BCUT2D eigenvalue weighted by Gasteiger charge is -2.58. The van der Waals surface area contributed by atoms with Crippen LogP contribution in [0.5, 0.6) is 11.5 Å². The SMILES string of the molecule is C=CCOC12Oc3ccc(O)cc3C3C(CCCCO)C(CCCCO)C=C(C(=NOC)CC1SCCc1ccncc1)C32. The van der Waals surface area contributed by atoms with Crippen molar-refractivity contribution >= 4 is 17.5 Å². The summed E-state index contributed by atoms with van der Waals surface area (Å²) in [7, 11) is 1.59. The van der Waals surface area contributed by atoms with Gasteiger partial charge in [0, 0.05) is 43.5 Å². The first kappa shape index (κ1) is 32.5. The van der Waals surface area contributed by atoms with Crippen molar-refractivity contribution in [1.82, 2.24) is 4.98 Å². The van der Waals surface area contributed by atoms with Crippen molar-refractivity contribution in [1.29, 1.82) is 0 Å². The molecule has 238 valence electrons. The third-order valence-electron chi connectivity index (χ3n) is 9.29. The highest BCUT2D eigenvalue weighted by molar-refractivity contribution is 8.00. The van der Waals surface area contributed by atoms with Crippen LogP contribution in [-0.2, 0) is 16.0 Å². The molecule has 6 unspecified atom stereocenters. The Morgan fingerprint density at radius 1 is 1.11 bits per heavy atom. The Morgan fingerprint density at radius 2 is 1.89 bits per heavy atom. The standard InChI is InChI=1S/C35H46N2O6S/c1-3-19-42-35-32(44-20-14-24-12-15-36-16-13-24)23-30(37-41-2)28-21-25(8-4-6-17-38)27(9-5-7-18-39)33(34(28)35)29-22-26(40)10-11-31(29)43-35/h3,10-13,15-16,21-22,25,27,32-34,38-40H,1,4-9,14,17-20,23H2,2H3. The number of unbranched alkanes of at least 4 members (excludes halogenated alkanes) is 2. The summed E-state index contributed by atoms with van der Waals surface area (Å²) < 4.78 is 13.9.